The van der Waals surface area contributed by atoms with Crippen molar-refractivity contribution in [2.24, 2.45) is 5.41 Å². The van der Waals surface area contributed by atoms with E-state index in [1.54, 1.807) is 7.11 Å². The van der Waals surface area contributed by atoms with E-state index < -0.39 is 0 Å². The first-order chi connectivity index (χ1) is 11.7. The van der Waals surface area contributed by atoms with Crippen molar-refractivity contribution in [3.63, 3.8) is 0 Å². The summed E-state index contributed by atoms with van der Waals surface area (Å²) in [5.74, 6) is 0.747. The minimum absolute atomic E-state index is 0.134. The van der Waals surface area contributed by atoms with Crippen molar-refractivity contribution in [1.82, 2.24) is 9.80 Å². The maximum atomic E-state index is 12.1. The van der Waals surface area contributed by atoms with E-state index in [0.29, 0.717) is 11.3 Å². The Balaban J connectivity index is 1.69. The van der Waals surface area contributed by atoms with E-state index >= 15 is 0 Å². The Kier molecular flexibility index (Phi) is 5.57. The summed E-state index contributed by atoms with van der Waals surface area (Å²) in [7, 11) is 1.59. The number of benzene rings is 1. The Hall–Kier alpha value is -1.39. The third-order valence-corrected chi connectivity index (χ3v) is 5.88. The summed E-state index contributed by atoms with van der Waals surface area (Å²) in [6.07, 6.45) is 3.48. The maximum absolute atomic E-state index is 12.1. The summed E-state index contributed by atoms with van der Waals surface area (Å²) in [6.45, 7) is 7.67. The number of hydrogen-bond donors (Lipinski definition) is 0. The number of carbonyl (C=O) groups is 1. The van der Waals surface area contributed by atoms with Crippen LogP contribution in [0.5, 0.6) is 0 Å². The second-order valence-corrected chi connectivity index (χ2v) is 7.45. The smallest absolute Gasteiger partial charge is 0.248 e. The lowest BCUT2D eigenvalue weighted by atomic mass is 9.68. The highest BCUT2D eigenvalue weighted by Gasteiger charge is 2.42. The highest BCUT2D eigenvalue weighted by molar-refractivity contribution is 5.77. The quantitative estimate of drug-likeness (QED) is 0.851. The second-order valence-electron chi connectivity index (χ2n) is 7.45. The van der Waals surface area contributed by atoms with E-state index in [9.17, 15) is 4.79 Å². The highest BCUT2D eigenvalue weighted by Crippen LogP contribution is 2.44. The maximum Gasteiger partial charge on any atom is 0.248 e. The number of piperidine rings is 2. The molecule has 132 valence electrons. The largest absolute Gasteiger partial charge is 0.375 e. The Morgan fingerprint density at radius 2 is 1.96 bits per heavy atom. The number of likely N-dealkylation sites (N-methyl/N-ethyl adjacent to an activating group) is 1. The number of carbonyl (C=O) groups excluding carboxylic acids is 1. The average molecular weight is 330 g/mol. The number of hydrogen-bond acceptors (Lipinski definition) is 3. The zero-order valence-electron chi connectivity index (χ0n) is 15.0. The van der Waals surface area contributed by atoms with E-state index in [0.717, 1.165) is 39.0 Å². The fourth-order valence-electron chi connectivity index (χ4n) is 4.50. The van der Waals surface area contributed by atoms with E-state index in [1.165, 1.54) is 18.5 Å². The minimum Gasteiger partial charge on any atom is -0.375 e. The predicted molar refractivity (Wildman–Crippen MR) is 96.0 cm³/mol. The van der Waals surface area contributed by atoms with Crippen molar-refractivity contribution in [3.05, 3.63) is 35.9 Å². The van der Waals surface area contributed by atoms with Gasteiger partial charge < -0.3 is 14.5 Å². The molecule has 2 heterocycles. The first-order valence-electron chi connectivity index (χ1n) is 9.20. The van der Waals surface area contributed by atoms with Crippen LogP contribution in [0.25, 0.3) is 0 Å². The molecule has 4 heteroatoms. The fourth-order valence-corrected chi connectivity index (χ4v) is 4.50. The molecule has 2 saturated heterocycles. The molecule has 3 rings (SSSR count). The molecule has 1 aromatic rings. The SMILES string of the molecule is CCN1C[C@@H](c2ccccc2)CC2(CCN(C(=O)COC)CC2)C1. The van der Waals surface area contributed by atoms with Crippen LogP contribution in [0, 0.1) is 5.41 Å². The summed E-state index contributed by atoms with van der Waals surface area (Å²) in [4.78, 5) is 16.7. The molecule has 1 amide bonds. The van der Waals surface area contributed by atoms with Gasteiger partial charge in [-0.05, 0) is 42.7 Å². The van der Waals surface area contributed by atoms with Gasteiger partial charge in [0, 0.05) is 33.3 Å². The molecule has 4 nitrogen and oxygen atoms in total. The topological polar surface area (TPSA) is 32.8 Å². The number of rotatable bonds is 4. The Bertz CT molecular complexity index is 538. The molecule has 0 aromatic heterocycles. The average Bonchev–Trinajstić information content (AvgIpc) is 2.63. The van der Waals surface area contributed by atoms with Gasteiger partial charge in [0.25, 0.3) is 0 Å². The zero-order chi connectivity index (χ0) is 17.0. The lowest BCUT2D eigenvalue weighted by molar-refractivity contribution is -0.138. The molecule has 0 bridgehead atoms. The molecule has 2 aliphatic rings. The normalized spacial score (nSPS) is 24.2. The summed E-state index contributed by atoms with van der Waals surface area (Å²) in [5, 5.41) is 0. The molecule has 24 heavy (non-hydrogen) atoms. The van der Waals surface area contributed by atoms with E-state index in [1.807, 2.05) is 4.90 Å². The van der Waals surface area contributed by atoms with Crippen LogP contribution in [0.15, 0.2) is 30.3 Å². The molecule has 0 saturated carbocycles. The van der Waals surface area contributed by atoms with Gasteiger partial charge in [-0.1, -0.05) is 37.3 Å². The first-order valence-corrected chi connectivity index (χ1v) is 9.20. The number of amides is 1. The number of ether oxygens (including phenoxy) is 1. The molecule has 0 unspecified atom stereocenters. The van der Waals surface area contributed by atoms with Gasteiger partial charge in [-0.3, -0.25) is 4.79 Å². The van der Waals surface area contributed by atoms with Crippen LogP contribution in [-0.4, -0.2) is 62.1 Å². The Morgan fingerprint density at radius 3 is 2.58 bits per heavy atom. The van der Waals surface area contributed by atoms with Crippen LogP contribution in [-0.2, 0) is 9.53 Å². The molecular weight excluding hydrogens is 300 g/mol. The summed E-state index contributed by atoms with van der Waals surface area (Å²) in [6, 6.07) is 10.9. The van der Waals surface area contributed by atoms with Crippen LogP contribution in [0.1, 0.15) is 37.7 Å². The van der Waals surface area contributed by atoms with Crippen molar-refractivity contribution in [3.8, 4) is 0 Å². The van der Waals surface area contributed by atoms with Crippen molar-refractivity contribution < 1.29 is 9.53 Å². The Morgan fingerprint density at radius 1 is 1.25 bits per heavy atom. The van der Waals surface area contributed by atoms with Gasteiger partial charge in [0.05, 0.1) is 0 Å². The number of nitrogens with zero attached hydrogens (tertiary/aromatic N) is 2. The zero-order valence-corrected chi connectivity index (χ0v) is 15.0. The van der Waals surface area contributed by atoms with Gasteiger partial charge >= 0.3 is 0 Å². The van der Waals surface area contributed by atoms with Gasteiger partial charge in [0.1, 0.15) is 6.61 Å². The van der Waals surface area contributed by atoms with Crippen LogP contribution in [0.4, 0.5) is 0 Å². The van der Waals surface area contributed by atoms with Crippen molar-refractivity contribution in [2.45, 2.75) is 32.1 Å². The molecular formula is C20H30N2O2. The van der Waals surface area contributed by atoms with Crippen LogP contribution in [0.3, 0.4) is 0 Å². The minimum atomic E-state index is 0.134. The van der Waals surface area contributed by atoms with Crippen molar-refractivity contribution >= 4 is 5.91 Å². The molecule has 1 atom stereocenters. The molecule has 0 aliphatic carbocycles. The molecule has 1 spiro atoms. The second kappa shape index (κ2) is 7.66. The van der Waals surface area contributed by atoms with Gasteiger partial charge in [-0.2, -0.15) is 0 Å². The van der Waals surface area contributed by atoms with Crippen molar-refractivity contribution in [2.75, 3.05) is 46.4 Å². The number of likely N-dealkylation sites (tertiary alicyclic amines) is 2. The van der Waals surface area contributed by atoms with Gasteiger partial charge in [0.2, 0.25) is 5.91 Å². The van der Waals surface area contributed by atoms with E-state index in [2.05, 4.69) is 42.2 Å². The monoisotopic (exact) mass is 330 g/mol. The van der Waals surface area contributed by atoms with Gasteiger partial charge in [-0.15, -0.1) is 0 Å². The lowest BCUT2D eigenvalue weighted by Gasteiger charge is -2.50. The third-order valence-electron chi connectivity index (χ3n) is 5.88. The third kappa shape index (κ3) is 3.81. The summed E-state index contributed by atoms with van der Waals surface area (Å²) < 4.78 is 5.00. The van der Waals surface area contributed by atoms with Crippen LogP contribution < -0.4 is 0 Å². The molecule has 2 aliphatic heterocycles. The Labute approximate surface area is 145 Å². The van der Waals surface area contributed by atoms with Crippen molar-refractivity contribution in [1.29, 1.82) is 0 Å². The fraction of sp³-hybridized carbons (Fsp3) is 0.650. The predicted octanol–water partition coefficient (Wildman–Crippen LogP) is 2.75. The van der Waals surface area contributed by atoms with Crippen LogP contribution >= 0.6 is 0 Å². The molecule has 0 N–H and O–H groups in total. The standard InChI is InChI=1S/C20H30N2O2/c1-3-21-14-18(17-7-5-4-6-8-17)13-20(16-21)9-11-22(12-10-20)19(23)15-24-2/h4-8,18H,3,9-16H2,1-2H3/t18-/m0/s1. The highest BCUT2D eigenvalue weighted by atomic mass is 16.5. The van der Waals surface area contributed by atoms with Crippen LogP contribution in [0.2, 0.25) is 0 Å². The van der Waals surface area contributed by atoms with E-state index in [4.69, 9.17) is 4.74 Å². The van der Waals surface area contributed by atoms with Gasteiger partial charge in [0.15, 0.2) is 0 Å². The summed E-state index contributed by atoms with van der Waals surface area (Å²) >= 11 is 0. The molecule has 2 fully saturated rings. The number of methoxy groups -OCH3 is 1. The first kappa shape index (κ1) is 17.4. The van der Waals surface area contributed by atoms with E-state index in [-0.39, 0.29) is 12.5 Å². The van der Waals surface area contributed by atoms with Gasteiger partial charge in [-0.25, -0.2) is 0 Å². The summed E-state index contributed by atoms with van der Waals surface area (Å²) in [5.41, 5.74) is 1.83. The molecule has 1 aromatic carbocycles. The lowest BCUT2D eigenvalue weighted by Crippen LogP contribution is -2.52. The molecule has 0 radical (unpaired) electrons.